The van der Waals surface area contributed by atoms with Gasteiger partial charge in [-0.1, -0.05) is 31.9 Å². The number of amides is 2. The van der Waals surface area contributed by atoms with Gasteiger partial charge in [-0.3, -0.25) is 19.6 Å². The number of nitrogens with one attached hydrogen (secondary N) is 1. The topological polar surface area (TPSA) is 123 Å². The highest BCUT2D eigenvalue weighted by Crippen LogP contribution is 2.30. The third kappa shape index (κ3) is 9.15. The molecule has 0 aliphatic carbocycles. The highest BCUT2D eigenvalue weighted by Gasteiger charge is 2.31. The van der Waals surface area contributed by atoms with Crippen LogP contribution >= 0.6 is 0 Å². The van der Waals surface area contributed by atoms with E-state index in [9.17, 15) is 35.9 Å². The lowest BCUT2D eigenvalue weighted by Crippen LogP contribution is -2.38. The Balaban J connectivity index is 2.07. The molecule has 0 bridgehead atoms. The number of halogens is 6. The molecule has 2 amide bonds. The summed E-state index contributed by atoms with van der Waals surface area (Å²) in [6, 6.07) is 7.41. The van der Waals surface area contributed by atoms with Crippen LogP contribution < -0.4 is 16.8 Å². The summed E-state index contributed by atoms with van der Waals surface area (Å²) in [4.78, 5) is 33.6. The Morgan fingerprint density at radius 2 is 1.74 bits per heavy atom. The first-order valence-electron chi connectivity index (χ1n) is 13.2. The summed E-state index contributed by atoms with van der Waals surface area (Å²) >= 11 is 0. The standard InChI is InChI=1S/C30H29F6N5O2/c1-2-3-6-24(39-11-9-26(37)30(34,35)36)29(43)41-25(14-17-12-19(31)16-20(32)13-17)27-21(5-4-10-40-27)18-7-8-23(33)22(15-18)28(38)42/h4-5,7-13,15-16,24-25H,2-3,6,14,37H2,1H3,(H2,38,42)(H,41,43)/t24-,25+/m1/s1. The van der Waals surface area contributed by atoms with Gasteiger partial charge in [-0.05, 0) is 60.4 Å². The summed E-state index contributed by atoms with van der Waals surface area (Å²) in [6.07, 6.45) is -0.856. The van der Waals surface area contributed by atoms with Crippen LogP contribution in [0.2, 0.25) is 0 Å². The molecule has 0 unspecified atom stereocenters. The number of aliphatic imine (C=N–C) groups is 1. The third-order valence-corrected chi connectivity index (χ3v) is 6.37. The van der Waals surface area contributed by atoms with E-state index >= 15 is 0 Å². The Labute approximate surface area is 243 Å². The van der Waals surface area contributed by atoms with E-state index in [2.05, 4.69) is 15.3 Å². The van der Waals surface area contributed by atoms with Gasteiger partial charge >= 0.3 is 6.18 Å². The van der Waals surface area contributed by atoms with Crippen LogP contribution in [0.3, 0.4) is 0 Å². The van der Waals surface area contributed by atoms with Crippen molar-refractivity contribution in [2.45, 2.75) is 50.9 Å². The molecule has 2 aromatic carbocycles. The van der Waals surface area contributed by atoms with Gasteiger partial charge in [-0.15, -0.1) is 0 Å². The minimum atomic E-state index is -4.78. The van der Waals surface area contributed by atoms with Crippen LogP contribution in [0.1, 0.15) is 53.8 Å². The maximum Gasteiger partial charge on any atom is 0.430 e. The van der Waals surface area contributed by atoms with Gasteiger partial charge in [0.15, 0.2) is 0 Å². The van der Waals surface area contributed by atoms with Gasteiger partial charge in [0.1, 0.15) is 29.2 Å². The molecule has 0 aliphatic rings. The molecular weight excluding hydrogens is 576 g/mol. The minimum absolute atomic E-state index is 0.158. The highest BCUT2D eigenvalue weighted by molar-refractivity contribution is 5.94. The van der Waals surface area contributed by atoms with E-state index in [1.54, 1.807) is 12.1 Å². The molecule has 43 heavy (non-hydrogen) atoms. The average molecular weight is 606 g/mol. The van der Waals surface area contributed by atoms with E-state index < -0.39 is 53.2 Å². The summed E-state index contributed by atoms with van der Waals surface area (Å²) in [7, 11) is 0. The Morgan fingerprint density at radius 3 is 2.37 bits per heavy atom. The lowest BCUT2D eigenvalue weighted by Gasteiger charge is -2.23. The van der Waals surface area contributed by atoms with Crippen LogP contribution in [-0.4, -0.2) is 35.2 Å². The molecular formula is C30H29F6N5O2. The molecule has 1 heterocycles. The molecule has 0 saturated carbocycles. The molecule has 3 rings (SSSR count). The van der Waals surface area contributed by atoms with Crippen LogP contribution in [0, 0.1) is 17.5 Å². The fourth-order valence-electron chi connectivity index (χ4n) is 4.26. The molecule has 2 atom stereocenters. The highest BCUT2D eigenvalue weighted by atomic mass is 19.4. The van der Waals surface area contributed by atoms with E-state index in [4.69, 9.17) is 11.5 Å². The first-order chi connectivity index (χ1) is 20.3. The number of aromatic nitrogens is 1. The number of pyridine rings is 1. The second-order valence-electron chi connectivity index (χ2n) is 9.61. The molecule has 3 aromatic rings. The maximum atomic E-state index is 14.2. The van der Waals surface area contributed by atoms with Crippen molar-refractivity contribution in [3.8, 4) is 11.1 Å². The van der Waals surface area contributed by atoms with Crippen LogP contribution in [0.4, 0.5) is 26.3 Å². The molecule has 1 aromatic heterocycles. The Bertz CT molecular complexity index is 1500. The summed E-state index contributed by atoms with van der Waals surface area (Å²) in [5.41, 5.74) is 9.55. The normalized spacial score (nSPS) is 13.6. The zero-order chi connectivity index (χ0) is 31.7. The summed E-state index contributed by atoms with van der Waals surface area (Å²) < 4.78 is 80.7. The number of nitrogens with two attached hydrogens (primary N) is 2. The fraction of sp³-hybridized carbons (Fsp3) is 0.267. The monoisotopic (exact) mass is 605 g/mol. The second kappa shape index (κ2) is 14.5. The molecule has 0 spiro atoms. The SMILES string of the molecule is CCCC[C@@H](N=CC=C(N)C(F)(F)F)C(=O)N[C@@H](Cc1cc(F)cc(F)c1)c1ncccc1-c1ccc(F)c(C(N)=O)c1. The van der Waals surface area contributed by atoms with Crippen molar-refractivity contribution in [1.29, 1.82) is 0 Å². The zero-order valence-corrected chi connectivity index (χ0v) is 23.0. The van der Waals surface area contributed by atoms with Crippen LogP contribution in [-0.2, 0) is 11.2 Å². The van der Waals surface area contributed by atoms with Crippen LogP contribution in [0.15, 0.2) is 71.5 Å². The van der Waals surface area contributed by atoms with Crippen molar-refractivity contribution in [3.63, 3.8) is 0 Å². The van der Waals surface area contributed by atoms with Gasteiger partial charge < -0.3 is 16.8 Å². The van der Waals surface area contributed by atoms with Crippen molar-refractivity contribution in [3.05, 3.63) is 101 Å². The third-order valence-electron chi connectivity index (χ3n) is 6.37. The Morgan fingerprint density at radius 1 is 1.05 bits per heavy atom. The van der Waals surface area contributed by atoms with Gasteiger partial charge in [-0.2, -0.15) is 13.2 Å². The molecule has 0 aliphatic heterocycles. The van der Waals surface area contributed by atoms with Gasteiger partial charge in [0.05, 0.1) is 17.3 Å². The van der Waals surface area contributed by atoms with Crippen LogP contribution in [0.25, 0.3) is 11.1 Å². The van der Waals surface area contributed by atoms with Crippen molar-refractivity contribution in [1.82, 2.24) is 10.3 Å². The second-order valence-corrected chi connectivity index (χ2v) is 9.61. The average Bonchev–Trinajstić information content (AvgIpc) is 2.93. The number of benzene rings is 2. The number of carbonyl (C=O) groups is 2. The first-order valence-corrected chi connectivity index (χ1v) is 13.2. The maximum absolute atomic E-state index is 14.2. The number of rotatable bonds is 12. The predicted molar refractivity (Wildman–Crippen MR) is 149 cm³/mol. The Kier molecular flexibility index (Phi) is 11.1. The number of hydrogen-bond donors (Lipinski definition) is 3. The first kappa shape index (κ1) is 32.8. The molecule has 0 saturated heterocycles. The summed E-state index contributed by atoms with van der Waals surface area (Å²) in [6.45, 7) is 1.85. The lowest BCUT2D eigenvalue weighted by molar-refractivity contribution is -0.123. The molecule has 0 radical (unpaired) electrons. The summed E-state index contributed by atoms with van der Waals surface area (Å²) in [5.74, 6) is -4.27. The molecule has 0 fully saturated rings. The van der Waals surface area contributed by atoms with Crippen molar-refractivity contribution in [2.24, 2.45) is 16.5 Å². The van der Waals surface area contributed by atoms with Gasteiger partial charge in [-0.25, -0.2) is 13.2 Å². The van der Waals surface area contributed by atoms with Crippen molar-refractivity contribution in [2.75, 3.05) is 0 Å². The number of carbonyl (C=O) groups excluding carboxylic acids is 2. The van der Waals surface area contributed by atoms with Crippen LogP contribution in [0.5, 0.6) is 0 Å². The van der Waals surface area contributed by atoms with Gasteiger partial charge in [0.2, 0.25) is 5.91 Å². The van der Waals surface area contributed by atoms with E-state index in [1.165, 1.54) is 18.3 Å². The number of nitrogens with zero attached hydrogens (tertiary/aromatic N) is 2. The largest absolute Gasteiger partial charge is 0.430 e. The lowest BCUT2D eigenvalue weighted by atomic mass is 9.94. The molecule has 228 valence electrons. The number of allylic oxidation sites excluding steroid dienone is 2. The smallest absolute Gasteiger partial charge is 0.395 e. The number of unbranched alkanes of at least 4 members (excludes halogenated alkanes) is 1. The van der Waals surface area contributed by atoms with E-state index in [0.29, 0.717) is 36.1 Å². The minimum Gasteiger partial charge on any atom is -0.395 e. The number of primary amides is 1. The van der Waals surface area contributed by atoms with Gasteiger partial charge in [0.25, 0.3) is 5.91 Å². The summed E-state index contributed by atoms with van der Waals surface area (Å²) in [5, 5.41) is 2.76. The molecule has 13 heteroatoms. The fourth-order valence-corrected chi connectivity index (χ4v) is 4.26. The zero-order valence-electron chi connectivity index (χ0n) is 23.0. The molecule has 5 N–H and O–H groups in total. The van der Waals surface area contributed by atoms with E-state index in [1.807, 2.05) is 6.92 Å². The predicted octanol–water partition coefficient (Wildman–Crippen LogP) is 5.70. The number of hydrogen-bond acceptors (Lipinski definition) is 5. The number of alkyl halides is 3. The van der Waals surface area contributed by atoms with Crippen molar-refractivity contribution >= 4 is 18.0 Å². The van der Waals surface area contributed by atoms with Crippen molar-refractivity contribution < 1.29 is 35.9 Å². The van der Waals surface area contributed by atoms with E-state index in [0.717, 1.165) is 24.4 Å². The Hall–Kier alpha value is -4.68. The van der Waals surface area contributed by atoms with E-state index in [-0.39, 0.29) is 29.7 Å². The quantitative estimate of drug-likeness (QED) is 0.181. The van der Waals surface area contributed by atoms with Gasteiger partial charge in [0, 0.05) is 24.0 Å². The molecule has 7 nitrogen and oxygen atoms in total.